The van der Waals surface area contributed by atoms with E-state index >= 15 is 0 Å². The molecule has 0 bridgehead atoms. The molecule has 1 amide bonds. The highest BCUT2D eigenvalue weighted by molar-refractivity contribution is 7.19. The first kappa shape index (κ1) is 21.7. The summed E-state index contributed by atoms with van der Waals surface area (Å²) in [4.78, 5) is 19.2. The van der Waals surface area contributed by atoms with Crippen LogP contribution in [0.15, 0.2) is 77.8 Å². The lowest BCUT2D eigenvalue weighted by Gasteiger charge is -2.10. The SMILES string of the molecule is COc1ccccc1NC(=O)c1c(N=Cc2ccc3c(c2)OCO3)sc(-c2ccccc2)c1C. The van der Waals surface area contributed by atoms with Gasteiger partial charge in [0.15, 0.2) is 11.5 Å². The monoisotopic (exact) mass is 470 g/mol. The van der Waals surface area contributed by atoms with Crippen LogP contribution < -0.4 is 19.5 Å². The molecule has 0 atom stereocenters. The first-order valence-corrected chi connectivity index (χ1v) is 11.5. The van der Waals surface area contributed by atoms with Gasteiger partial charge in [0.1, 0.15) is 10.8 Å². The number of amides is 1. The van der Waals surface area contributed by atoms with Gasteiger partial charge in [-0.25, -0.2) is 4.99 Å². The number of para-hydroxylation sites is 2. The lowest BCUT2D eigenvalue weighted by molar-refractivity contribution is 0.102. The fourth-order valence-corrected chi connectivity index (χ4v) is 4.94. The Morgan fingerprint density at radius 3 is 2.62 bits per heavy atom. The summed E-state index contributed by atoms with van der Waals surface area (Å²) >= 11 is 1.49. The topological polar surface area (TPSA) is 69.2 Å². The van der Waals surface area contributed by atoms with Gasteiger partial charge in [-0.15, -0.1) is 11.3 Å². The van der Waals surface area contributed by atoms with Crippen molar-refractivity contribution in [1.82, 2.24) is 0 Å². The Morgan fingerprint density at radius 2 is 1.79 bits per heavy atom. The number of hydrogen-bond donors (Lipinski definition) is 1. The summed E-state index contributed by atoms with van der Waals surface area (Å²) < 4.78 is 16.2. The minimum absolute atomic E-state index is 0.216. The van der Waals surface area contributed by atoms with Crippen molar-refractivity contribution in [2.24, 2.45) is 4.99 Å². The van der Waals surface area contributed by atoms with Crippen molar-refractivity contribution < 1.29 is 19.0 Å². The molecule has 34 heavy (non-hydrogen) atoms. The van der Waals surface area contributed by atoms with Gasteiger partial charge in [0.2, 0.25) is 6.79 Å². The molecule has 0 radical (unpaired) electrons. The summed E-state index contributed by atoms with van der Waals surface area (Å²) in [5.74, 6) is 1.76. The summed E-state index contributed by atoms with van der Waals surface area (Å²) in [6.07, 6.45) is 1.74. The minimum atomic E-state index is -0.238. The standard InChI is InChI=1S/C27H22N2O4S/c1-17-24(26(30)29-20-10-6-7-11-21(20)31-2)27(34-25(17)19-8-4-3-5-9-19)28-15-18-12-13-22-23(14-18)33-16-32-22/h3-15H,16H2,1-2H3,(H,29,30). The molecule has 0 saturated carbocycles. The smallest absolute Gasteiger partial charge is 0.259 e. The fourth-order valence-electron chi connectivity index (χ4n) is 3.78. The van der Waals surface area contributed by atoms with Crippen molar-refractivity contribution >= 4 is 34.1 Å². The van der Waals surface area contributed by atoms with E-state index in [4.69, 9.17) is 19.2 Å². The quantitative estimate of drug-likeness (QED) is 0.328. The molecular formula is C27H22N2O4S. The molecule has 0 unspecified atom stereocenters. The van der Waals surface area contributed by atoms with Crippen LogP contribution in [0.1, 0.15) is 21.5 Å². The van der Waals surface area contributed by atoms with Gasteiger partial charge in [0.25, 0.3) is 5.91 Å². The summed E-state index contributed by atoms with van der Waals surface area (Å²) in [5, 5.41) is 3.61. The number of fused-ring (bicyclic) bond motifs is 1. The molecule has 170 valence electrons. The number of aliphatic imine (C=N–C) groups is 1. The Hall–Kier alpha value is -4.10. The van der Waals surface area contributed by atoms with Crippen LogP contribution in [-0.2, 0) is 0 Å². The molecular weight excluding hydrogens is 448 g/mol. The Morgan fingerprint density at radius 1 is 1.03 bits per heavy atom. The van der Waals surface area contributed by atoms with E-state index in [2.05, 4.69) is 5.32 Å². The van der Waals surface area contributed by atoms with Crippen LogP contribution in [0.25, 0.3) is 10.4 Å². The third kappa shape index (κ3) is 4.25. The molecule has 2 heterocycles. The second-order valence-electron chi connectivity index (χ2n) is 7.63. The summed E-state index contributed by atoms with van der Waals surface area (Å²) in [6.45, 7) is 2.17. The van der Waals surface area contributed by atoms with E-state index in [1.165, 1.54) is 11.3 Å². The van der Waals surface area contributed by atoms with E-state index in [0.29, 0.717) is 33.5 Å². The van der Waals surface area contributed by atoms with Gasteiger partial charge >= 0.3 is 0 Å². The van der Waals surface area contributed by atoms with Crippen LogP contribution in [0.4, 0.5) is 10.7 Å². The number of anilines is 1. The van der Waals surface area contributed by atoms with Crippen molar-refractivity contribution in [3.05, 3.63) is 89.5 Å². The van der Waals surface area contributed by atoms with E-state index < -0.39 is 0 Å². The number of carbonyl (C=O) groups is 1. The van der Waals surface area contributed by atoms with E-state index in [1.807, 2.05) is 79.7 Å². The van der Waals surface area contributed by atoms with Gasteiger partial charge in [-0.2, -0.15) is 0 Å². The number of hydrogen-bond acceptors (Lipinski definition) is 6. The average molecular weight is 471 g/mol. The van der Waals surface area contributed by atoms with E-state index in [0.717, 1.165) is 21.6 Å². The van der Waals surface area contributed by atoms with E-state index in [9.17, 15) is 4.79 Å². The Bertz CT molecular complexity index is 1380. The summed E-state index contributed by atoms with van der Waals surface area (Å²) in [7, 11) is 1.58. The fraction of sp³-hybridized carbons (Fsp3) is 0.111. The maximum Gasteiger partial charge on any atom is 0.259 e. The summed E-state index contributed by atoms with van der Waals surface area (Å²) in [5.41, 5.74) is 3.91. The molecule has 1 aromatic heterocycles. The Balaban J connectivity index is 1.54. The lowest BCUT2D eigenvalue weighted by atomic mass is 10.1. The van der Waals surface area contributed by atoms with Gasteiger partial charge in [0, 0.05) is 11.1 Å². The highest BCUT2D eigenvalue weighted by Crippen LogP contribution is 2.42. The molecule has 0 saturated heterocycles. The first-order chi connectivity index (χ1) is 16.6. The molecule has 1 aliphatic rings. The molecule has 1 N–H and O–H groups in total. The van der Waals surface area contributed by atoms with Crippen LogP contribution >= 0.6 is 11.3 Å². The largest absolute Gasteiger partial charge is 0.495 e. The molecule has 5 rings (SSSR count). The van der Waals surface area contributed by atoms with Gasteiger partial charge < -0.3 is 19.5 Å². The average Bonchev–Trinajstić information content (AvgIpc) is 3.47. The third-order valence-electron chi connectivity index (χ3n) is 5.47. The molecule has 7 heteroatoms. The van der Waals surface area contributed by atoms with Crippen molar-refractivity contribution in [2.75, 3.05) is 19.2 Å². The first-order valence-electron chi connectivity index (χ1n) is 10.7. The molecule has 4 aromatic rings. The maximum atomic E-state index is 13.5. The summed E-state index contributed by atoms with van der Waals surface area (Å²) in [6, 6.07) is 23.0. The zero-order valence-corrected chi connectivity index (χ0v) is 19.5. The number of benzene rings is 3. The van der Waals surface area contributed by atoms with E-state index in [1.54, 1.807) is 13.3 Å². The molecule has 0 spiro atoms. The third-order valence-corrected chi connectivity index (χ3v) is 6.72. The second-order valence-corrected chi connectivity index (χ2v) is 8.63. The van der Waals surface area contributed by atoms with Gasteiger partial charge in [-0.05, 0) is 53.9 Å². The predicted octanol–water partition coefficient (Wildman–Crippen LogP) is 6.46. The molecule has 0 fully saturated rings. The second kappa shape index (κ2) is 9.41. The predicted molar refractivity (Wildman–Crippen MR) is 135 cm³/mol. The zero-order chi connectivity index (χ0) is 23.5. The Kier molecular flexibility index (Phi) is 6.01. The Labute approximate surface area is 201 Å². The number of nitrogens with zero attached hydrogens (tertiary/aromatic N) is 1. The highest BCUT2D eigenvalue weighted by Gasteiger charge is 2.23. The molecule has 6 nitrogen and oxygen atoms in total. The van der Waals surface area contributed by atoms with Crippen molar-refractivity contribution in [1.29, 1.82) is 0 Å². The van der Waals surface area contributed by atoms with Crippen molar-refractivity contribution in [3.8, 4) is 27.7 Å². The number of carbonyl (C=O) groups excluding carboxylic acids is 1. The normalized spacial score (nSPS) is 12.2. The maximum absolute atomic E-state index is 13.5. The minimum Gasteiger partial charge on any atom is -0.495 e. The van der Waals surface area contributed by atoms with Gasteiger partial charge in [-0.1, -0.05) is 42.5 Å². The zero-order valence-electron chi connectivity index (χ0n) is 18.7. The van der Waals surface area contributed by atoms with E-state index in [-0.39, 0.29) is 12.7 Å². The molecule has 1 aliphatic heterocycles. The van der Waals surface area contributed by atoms with Crippen LogP contribution in [0.3, 0.4) is 0 Å². The van der Waals surface area contributed by atoms with Crippen LogP contribution in [0.5, 0.6) is 17.2 Å². The number of rotatable bonds is 6. The molecule has 3 aromatic carbocycles. The van der Waals surface area contributed by atoms with Crippen molar-refractivity contribution in [3.63, 3.8) is 0 Å². The highest BCUT2D eigenvalue weighted by atomic mass is 32.1. The lowest BCUT2D eigenvalue weighted by Crippen LogP contribution is -2.13. The molecule has 0 aliphatic carbocycles. The number of ether oxygens (including phenoxy) is 3. The van der Waals surface area contributed by atoms with Crippen LogP contribution in [0, 0.1) is 6.92 Å². The van der Waals surface area contributed by atoms with Gasteiger partial charge in [0.05, 0.1) is 18.4 Å². The van der Waals surface area contributed by atoms with Crippen LogP contribution in [0.2, 0.25) is 0 Å². The number of methoxy groups -OCH3 is 1. The van der Waals surface area contributed by atoms with Crippen molar-refractivity contribution in [2.45, 2.75) is 6.92 Å². The number of nitrogens with one attached hydrogen (secondary N) is 1. The number of thiophene rings is 1. The van der Waals surface area contributed by atoms with Crippen LogP contribution in [-0.4, -0.2) is 26.0 Å². The van der Waals surface area contributed by atoms with Gasteiger partial charge in [-0.3, -0.25) is 4.79 Å².